The summed E-state index contributed by atoms with van der Waals surface area (Å²) in [5.41, 5.74) is 0. The Bertz CT molecular complexity index is 220. The van der Waals surface area contributed by atoms with Crippen molar-refractivity contribution in [3.8, 4) is 0 Å². The highest BCUT2D eigenvalue weighted by Crippen LogP contribution is 2.30. The van der Waals surface area contributed by atoms with Crippen LogP contribution in [0.3, 0.4) is 0 Å². The van der Waals surface area contributed by atoms with Crippen molar-refractivity contribution in [2.75, 3.05) is 26.2 Å². The predicted molar refractivity (Wildman–Crippen MR) is 60.6 cm³/mol. The number of piperidine rings is 1. The summed E-state index contributed by atoms with van der Waals surface area (Å²) in [7, 11) is 0. The van der Waals surface area contributed by atoms with E-state index in [1.165, 1.54) is 12.8 Å². The molecule has 1 N–H and O–H groups in total. The summed E-state index contributed by atoms with van der Waals surface area (Å²) in [5.74, 6) is 1.44. The molecule has 1 amide bonds. The Morgan fingerprint density at radius 1 is 1.40 bits per heavy atom. The van der Waals surface area contributed by atoms with Crippen LogP contribution in [0.5, 0.6) is 0 Å². The topological polar surface area (TPSA) is 32.3 Å². The Kier molecular flexibility index (Phi) is 3.62. The SMILES string of the molecule is CCN(CC1CC1)C(=O)[C@H]1CCCNC1. The van der Waals surface area contributed by atoms with Gasteiger partial charge in [0.1, 0.15) is 0 Å². The Morgan fingerprint density at radius 2 is 2.20 bits per heavy atom. The van der Waals surface area contributed by atoms with Crippen molar-refractivity contribution in [1.29, 1.82) is 0 Å². The van der Waals surface area contributed by atoms with E-state index < -0.39 is 0 Å². The third kappa shape index (κ3) is 2.94. The van der Waals surface area contributed by atoms with Gasteiger partial charge in [-0.3, -0.25) is 4.79 Å². The van der Waals surface area contributed by atoms with Gasteiger partial charge in [-0.1, -0.05) is 0 Å². The predicted octanol–water partition coefficient (Wildman–Crippen LogP) is 1.24. The van der Waals surface area contributed by atoms with E-state index in [1.807, 2.05) is 0 Å². The zero-order valence-corrected chi connectivity index (χ0v) is 9.67. The number of carbonyl (C=O) groups is 1. The second kappa shape index (κ2) is 4.97. The zero-order chi connectivity index (χ0) is 10.7. The highest BCUT2D eigenvalue weighted by molar-refractivity contribution is 5.79. The maximum Gasteiger partial charge on any atom is 0.226 e. The molecule has 0 radical (unpaired) electrons. The van der Waals surface area contributed by atoms with Crippen molar-refractivity contribution in [3.63, 3.8) is 0 Å². The average Bonchev–Trinajstić information content (AvgIpc) is 3.10. The van der Waals surface area contributed by atoms with Gasteiger partial charge in [0, 0.05) is 19.6 Å². The van der Waals surface area contributed by atoms with Crippen LogP contribution in [0.4, 0.5) is 0 Å². The van der Waals surface area contributed by atoms with E-state index in [9.17, 15) is 4.79 Å². The normalized spacial score (nSPS) is 26.3. The lowest BCUT2D eigenvalue weighted by Crippen LogP contribution is -2.43. The number of nitrogens with one attached hydrogen (secondary N) is 1. The van der Waals surface area contributed by atoms with E-state index in [-0.39, 0.29) is 5.92 Å². The first-order valence-electron chi connectivity index (χ1n) is 6.30. The molecule has 1 aliphatic heterocycles. The van der Waals surface area contributed by atoms with Gasteiger partial charge in [-0.15, -0.1) is 0 Å². The number of hydrogen-bond acceptors (Lipinski definition) is 2. The van der Waals surface area contributed by atoms with Crippen LogP contribution in [0.2, 0.25) is 0 Å². The fraction of sp³-hybridized carbons (Fsp3) is 0.917. The van der Waals surface area contributed by atoms with Crippen LogP contribution in [0.15, 0.2) is 0 Å². The lowest BCUT2D eigenvalue weighted by atomic mass is 9.98. The first-order chi connectivity index (χ1) is 7.31. The fourth-order valence-electron chi connectivity index (χ4n) is 2.31. The summed E-state index contributed by atoms with van der Waals surface area (Å²) in [5, 5.41) is 3.32. The smallest absolute Gasteiger partial charge is 0.226 e. The minimum absolute atomic E-state index is 0.248. The molecule has 0 aromatic rings. The van der Waals surface area contributed by atoms with Crippen molar-refractivity contribution >= 4 is 5.91 Å². The molecule has 1 saturated carbocycles. The van der Waals surface area contributed by atoms with Crippen molar-refractivity contribution in [1.82, 2.24) is 10.2 Å². The van der Waals surface area contributed by atoms with Crippen LogP contribution in [0.1, 0.15) is 32.6 Å². The maximum absolute atomic E-state index is 12.2. The molecule has 0 aromatic heterocycles. The lowest BCUT2D eigenvalue weighted by Gasteiger charge is -2.29. The molecule has 2 aliphatic rings. The molecule has 3 heteroatoms. The molecule has 1 saturated heterocycles. The van der Waals surface area contributed by atoms with Crippen molar-refractivity contribution in [2.45, 2.75) is 32.6 Å². The standard InChI is InChI=1S/C12H22N2O/c1-2-14(9-10-5-6-10)12(15)11-4-3-7-13-8-11/h10-11,13H,2-9H2,1H3/t11-/m0/s1. The van der Waals surface area contributed by atoms with Gasteiger partial charge in [0.2, 0.25) is 5.91 Å². The molecule has 15 heavy (non-hydrogen) atoms. The van der Waals surface area contributed by atoms with Crippen LogP contribution in [-0.2, 0) is 4.79 Å². The van der Waals surface area contributed by atoms with E-state index in [0.29, 0.717) is 5.91 Å². The number of hydrogen-bond donors (Lipinski definition) is 1. The highest BCUT2D eigenvalue weighted by Gasteiger charge is 2.29. The Morgan fingerprint density at radius 3 is 2.73 bits per heavy atom. The first-order valence-corrected chi connectivity index (χ1v) is 6.30. The van der Waals surface area contributed by atoms with E-state index in [0.717, 1.165) is 44.9 Å². The summed E-state index contributed by atoms with van der Waals surface area (Å²) in [6.07, 6.45) is 4.88. The van der Waals surface area contributed by atoms with Crippen LogP contribution in [-0.4, -0.2) is 37.0 Å². The number of amides is 1. The number of carbonyl (C=O) groups excluding carboxylic acids is 1. The largest absolute Gasteiger partial charge is 0.342 e. The summed E-state index contributed by atoms with van der Waals surface area (Å²) in [6.45, 7) is 5.95. The summed E-state index contributed by atoms with van der Waals surface area (Å²) < 4.78 is 0. The third-order valence-corrected chi connectivity index (χ3v) is 3.52. The zero-order valence-electron chi connectivity index (χ0n) is 9.67. The van der Waals surface area contributed by atoms with Gasteiger partial charge < -0.3 is 10.2 Å². The molecule has 3 nitrogen and oxygen atoms in total. The van der Waals surface area contributed by atoms with E-state index in [4.69, 9.17) is 0 Å². The Hall–Kier alpha value is -0.570. The Balaban J connectivity index is 1.84. The van der Waals surface area contributed by atoms with Gasteiger partial charge >= 0.3 is 0 Å². The fourth-order valence-corrected chi connectivity index (χ4v) is 2.31. The molecule has 0 unspecified atom stereocenters. The summed E-state index contributed by atoms with van der Waals surface area (Å²) >= 11 is 0. The maximum atomic E-state index is 12.2. The lowest BCUT2D eigenvalue weighted by molar-refractivity contribution is -0.136. The molecule has 1 atom stereocenters. The van der Waals surface area contributed by atoms with E-state index in [2.05, 4.69) is 17.1 Å². The molecular weight excluding hydrogens is 188 g/mol. The van der Waals surface area contributed by atoms with Crippen molar-refractivity contribution in [3.05, 3.63) is 0 Å². The number of rotatable bonds is 4. The van der Waals surface area contributed by atoms with Crippen molar-refractivity contribution in [2.24, 2.45) is 11.8 Å². The molecule has 1 heterocycles. The molecule has 0 spiro atoms. The van der Waals surface area contributed by atoms with Gasteiger partial charge in [-0.25, -0.2) is 0 Å². The second-order valence-electron chi connectivity index (χ2n) is 4.86. The third-order valence-electron chi connectivity index (χ3n) is 3.52. The summed E-state index contributed by atoms with van der Waals surface area (Å²) in [4.78, 5) is 14.2. The minimum Gasteiger partial charge on any atom is -0.342 e. The summed E-state index contributed by atoms with van der Waals surface area (Å²) in [6, 6.07) is 0. The van der Waals surface area contributed by atoms with Crippen LogP contribution in [0.25, 0.3) is 0 Å². The average molecular weight is 210 g/mol. The molecule has 1 aliphatic carbocycles. The van der Waals surface area contributed by atoms with Gasteiger partial charge in [0.15, 0.2) is 0 Å². The molecule has 2 rings (SSSR count). The van der Waals surface area contributed by atoms with Crippen molar-refractivity contribution < 1.29 is 4.79 Å². The molecule has 2 fully saturated rings. The minimum atomic E-state index is 0.248. The van der Waals surface area contributed by atoms with Gasteiger partial charge in [-0.2, -0.15) is 0 Å². The molecule has 0 bridgehead atoms. The van der Waals surface area contributed by atoms with Gasteiger partial charge in [0.05, 0.1) is 5.92 Å². The van der Waals surface area contributed by atoms with E-state index >= 15 is 0 Å². The second-order valence-corrected chi connectivity index (χ2v) is 4.86. The molecular formula is C12H22N2O. The quantitative estimate of drug-likeness (QED) is 0.757. The molecule has 86 valence electrons. The van der Waals surface area contributed by atoms with Gasteiger partial charge in [-0.05, 0) is 45.1 Å². The first kappa shape index (κ1) is 10.9. The highest BCUT2D eigenvalue weighted by atomic mass is 16.2. The van der Waals surface area contributed by atoms with Crippen LogP contribution in [0, 0.1) is 11.8 Å². The number of nitrogens with zero attached hydrogens (tertiary/aromatic N) is 1. The van der Waals surface area contributed by atoms with E-state index in [1.54, 1.807) is 0 Å². The van der Waals surface area contributed by atoms with Crippen LogP contribution < -0.4 is 5.32 Å². The van der Waals surface area contributed by atoms with Crippen LogP contribution >= 0.6 is 0 Å². The Labute approximate surface area is 92.2 Å². The molecule has 0 aromatic carbocycles. The van der Waals surface area contributed by atoms with Gasteiger partial charge in [0.25, 0.3) is 0 Å². The monoisotopic (exact) mass is 210 g/mol.